The summed E-state index contributed by atoms with van der Waals surface area (Å²) in [4.78, 5) is 38.8. The van der Waals surface area contributed by atoms with Crippen LogP contribution in [-0.2, 0) is 9.59 Å². The van der Waals surface area contributed by atoms with E-state index in [1.54, 1.807) is 37.3 Å². The van der Waals surface area contributed by atoms with Crippen molar-refractivity contribution in [1.82, 2.24) is 5.32 Å². The van der Waals surface area contributed by atoms with Gasteiger partial charge < -0.3 is 14.2 Å². The van der Waals surface area contributed by atoms with Crippen LogP contribution in [0.25, 0.3) is 6.08 Å². The highest BCUT2D eigenvalue weighted by molar-refractivity contribution is 9.10. The summed E-state index contributed by atoms with van der Waals surface area (Å²) in [7, 11) is 1.46. The molecule has 1 N–H and O–H groups in total. The molecule has 0 radical (unpaired) electrons. The highest BCUT2D eigenvalue weighted by Crippen LogP contribution is 2.39. The quantitative estimate of drug-likeness (QED) is 0.560. The summed E-state index contributed by atoms with van der Waals surface area (Å²) in [6, 6.07) is 7.54. The summed E-state index contributed by atoms with van der Waals surface area (Å²) in [6.45, 7) is 1.84. The predicted molar refractivity (Wildman–Crippen MR) is 107 cm³/mol. The third-order valence-corrected chi connectivity index (χ3v) is 5.02. The lowest BCUT2D eigenvalue weighted by Gasteiger charge is -2.27. The molecule has 2 aliphatic rings. The zero-order valence-electron chi connectivity index (χ0n) is 15.4. The third kappa shape index (κ3) is 3.33. The number of nitrogens with one attached hydrogen (secondary N) is 1. The molecule has 29 heavy (non-hydrogen) atoms. The second-order valence-corrected chi connectivity index (χ2v) is 7.25. The van der Waals surface area contributed by atoms with Crippen molar-refractivity contribution in [2.24, 2.45) is 0 Å². The topological polar surface area (TPSA) is 94.2 Å². The maximum Gasteiger partial charge on any atom is 0.335 e. The van der Waals surface area contributed by atoms with Gasteiger partial charge in [0.15, 0.2) is 11.5 Å². The van der Waals surface area contributed by atoms with E-state index in [9.17, 15) is 14.4 Å². The number of imide groups is 2. The molecule has 0 bridgehead atoms. The van der Waals surface area contributed by atoms with Gasteiger partial charge in [-0.2, -0.15) is 0 Å². The Morgan fingerprint density at radius 2 is 1.86 bits per heavy atom. The lowest BCUT2D eigenvalue weighted by atomic mass is 10.0. The number of hydrogen-bond donors (Lipinski definition) is 1. The monoisotopic (exact) mass is 458 g/mol. The highest BCUT2D eigenvalue weighted by atomic mass is 79.9. The van der Waals surface area contributed by atoms with Crippen LogP contribution >= 0.6 is 15.9 Å². The van der Waals surface area contributed by atoms with E-state index in [-0.39, 0.29) is 12.4 Å². The van der Waals surface area contributed by atoms with Crippen LogP contribution in [0.1, 0.15) is 11.1 Å². The molecule has 2 aromatic rings. The van der Waals surface area contributed by atoms with Gasteiger partial charge in [0.2, 0.25) is 6.79 Å². The number of amides is 4. The van der Waals surface area contributed by atoms with Crippen LogP contribution in [0.5, 0.6) is 17.2 Å². The fraction of sp³-hybridized carbons (Fsp3) is 0.150. The fourth-order valence-corrected chi connectivity index (χ4v) is 3.61. The molecular weight excluding hydrogens is 444 g/mol. The first-order chi connectivity index (χ1) is 13.9. The Morgan fingerprint density at radius 1 is 1.14 bits per heavy atom. The Hall–Kier alpha value is -3.33. The summed E-state index contributed by atoms with van der Waals surface area (Å²) in [5, 5.41) is 2.21. The van der Waals surface area contributed by atoms with Crippen LogP contribution in [-0.4, -0.2) is 31.7 Å². The number of hydrogen-bond acceptors (Lipinski definition) is 6. The van der Waals surface area contributed by atoms with Gasteiger partial charge in [0.1, 0.15) is 11.3 Å². The average Bonchev–Trinajstić information content (AvgIpc) is 3.13. The Morgan fingerprint density at radius 3 is 2.55 bits per heavy atom. The highest BCUT2D eigenvalue weighted by Gasteiger charge is 2.37. The largest absolute Gasteiger partial charge is 0.496 e. The van der Waals surface area contributed by atoms with Gasteiger partial charge >= 0.3 is 6.03 Å². The molecule has 148 valence electrons. The molecule has 9 heteroatoms. The predicted octanol–water partition coefficient (Wildman–Crippen LogP) is 3.16. The molecule has 2 heterocycles. The molecule has 0 unspecified atom stereocenters. The van der Waals surface area contributed by atoms with Gasteiger partial charge in [0.05, 0.1) is 12.8 Å². The van der Waals surface area contributed by atoms with E-state index in [4.69, 9.17) is 14.2 Å². The molecule has 1 fully saturated rings. The first-order valence-corrected chi connectivity index (χ1v) is 9.33. The van der Waals surface area contributed by atoms with E-state index in [2.05, 4.69) is 21.2 Å². The van der Waals surface area contributed by atoms with Crippen LogP contribution in [0.3, 0.4) is 0 Å². The average molecular weight is 459 g/mol. The zero-order chi connectivity index (χ0) is 20.7. The van der Waals surface area contributed by atoms with Crippen molar-refractivity contribution < 1.29 is 28.6 Å². The second kappa shape index (κ2) is 7.25. The van der Waals surface area contributed by atoms with Crippen molar-refractivity contribution in [3.63, 3.8) is 0 Å². The number of anilines is 1. The summed E-state index contributed by atoms with van der Waals surface area (Å²) in [5.41, 5.74) is 1.31. The minimum absolute atomic E-state index is 0.0725. The lowest BCUT2D eigenvalue weighted by molar-refractivity contribution is -0.122. The van der Waals surface area contributed by atoms with E-state index in [0.717, 1.165) is 9.37 Å². The number of nitrogens with zero attached hydrogens (tertiary/aromatic N) is 1. The first kappa shape index (κ1) is 19.0. The summed E-state index contributed by atoms with van der Waals surface area (Å²) in [5.74, 6) is -0.149. The zero-order valence-corrected chi connectivity index (χ0v) is 17.0. The van der Waals surface area contributed by atoms with E-state index in [1.165, 1.54) is 13.2 Å². The molecule has 0 saturated carbocycles. The number of fused-ring (bicyclic) bond motifs is 1. The summed E-state index contributed by atoms with van der Waals surface area (Å²) >= 11 is 3.35. The minimum atomic E-state index is -0.805. The number of ether oxygens (including phenoxy) is 3. The maximum absolute atomic E-state index is 13.1. The number of rotatable bonds is 3. The number of barbiturate groups is 1. The number of aryl methyl sites for hydroxylation is 1. The van der Waals surface area contributed by atoms with Crippen molar-refractivity contribution in [2.75, 3.05) is 18.8 Å². The molecule has 0 atom stereocenters. The molecule has 4 amide bonds. The minimum Gasteiger partial charge on any atom is -0.496 e. The van der Waals surface area contributed by atoms with Crippen molar-refractivity contribution in [1.29, 1.82) is 0 Å². The van der Waals surface area contributed by atoms with Crippen LogP contribution in [0.2, 0.25) is 0 Å². The molecule has 0 aromatic heterocycles. The van der Waals surface area contributed by atoms with Crippen LogP contribution < -0.4 is 24.4 Å². The number of carbonyl (C=O) groups is 3. The smallest absolute Gasteiger partial charge is 0.335 e. The number of benzene rings is 2. The number of methoxy groups -OCH3 is 1. The Labute approximate surface area is 174 Å². The van der Waals surface area contributed by atoms with Gasteiger partial charge in [0, 0.05) is 16.1 Å². The molecule has 2 aliphatic heterocycles. The van der Waals surface area contributed by atoms with Gasteiger partial charge in [0.25, 0.3) is 11.8 Å². The van der Waals surface area contributed by atoms with Crippen molar-refractivity contribution >= 4 is 45.5 Å². The van der Waals surface area contributed by atoms with Gasteiger partial charge in [-0.05, 0) is 42.8 Å². The maximum atomic E-state index is 13.1. The molecule has 2 aromatic carbocycles. The van der Waals surface area contributed by atoms with Gasteiger partial charge in [-0.15, -0.1) is 0 Å². The number of carbonyl (C=O) groups excluding carboxylic acids is 3. The van der Waals surface area contributed by atoms with E-state index >= 15 is 0 Å². The van der Waals surface area contributed by atoms with Gasteiger partial charge in [-0.1, -0.05) is 15.9 Å². The van der Waals surface area contributed by atoms with Crippen molar-refractivity contribution in [2.45, 2.75) is 6.92 Å². The Kier molecular flexibility index (Phi) is 4.75. The van der Waals surface area contributed by atoms with E-state index in [0.29, 0.717) is 34.1 Å². The van der Waals surface area contributed by atoms with Crippen molar-refractivity contribution in [3.05, 3.63) is 51.5 Å². The van der Waals surface area contributed by atoms with Gasteiger partial charge in [-0.25, -0.2) is 9.69 Å². The fourth-order valence-electron chi connectivity index (χ4n) is 3.13. The first-order valence-electron chi connectivity index (χ1n) is 8.54. The second-order valence-electron chi connectivity index (χ2n) is 6.34. The molecule has 1 saturated heterocycles. The molecular formula is C20H15BrN2O6. The normalized spacial score (nSPS) is 17.0. The number of urea groups is 1. The molecule has 8 nitrogen and oxygen atoms in total. The van der Waals surface area contributed by atoms with E-state index in [1.807, 2.05) is 0 Å². The Bertz CT molecular complexity index is 1090. The summed E-state index contributed by atoms with van der Waals surface area (Å²) < 4.78 is 16.8. The summed E-state index contributed by atoms with van der Waals surface area (Å²) in [6.07, 6.45) is 1.37. The van der Waals surface area contributed by atoms with Crippen molar-refractivity contribution in [3.8, 4) is 17.2 Å². The van der Waals surface area contributed by atoms with Crippen LogP contribution in [0, 0.1) is 6.92 Å². The SMILES string of the molecule is COc1cc2c(cc1/C=C1/C(=O)NC(=O)N(c3ccc(Br)cc3C)C1=O)OCO2. The number of halogens is 1. The van der Waals surface area contributed by atoms with E-state index < -0.39 is 17.8 Å². The molecule has 0 aliphatic carbocycles. The third-order valence-electron chi connectivity index (χ3n) is 4.53. The van der Waals surface area contributed by atoms with Gasteiger partial charge in [-0.3, -0.25) is 14.9 Å². The Balaban J connectivity index is 1.78. The van der Waals surface area contributed by atoms with Crippen LogP contribution in [0.4, 0.5) is 10.5 Å². The lowest BCUT2D eigenvalue weighted by Crippen LogP contribution is -2.54. The molecule has 0 spiro atoms. The standard InChI is InChI=1S/C20H15BrN2O6/c1-10-5-12(21)3-4-14(10)23-19(25)13(18(24)22-20(23)26)6-11-7-16-17(29-9-28-16)8-15(11)27-2/h3-8H,9H2,1-2H3,(H,22,24,26)/b13-6-. The molecule has 4 rings (SSSR count). The van der Waals surface area contributed by atoms with Crippen LogP contribution in [0.15, 0.2) is 40.4 Å².